The van der Waals surface area contributed by atoms with Crippen LogP contribution in [0.15, 0.2) is 22.8 Å². The molecule has 0 radical (unpaired) electrons. The van der Waals surface area contributed by atoms with E-state index >= 15 is 0 Å². The summed E-state index contributed by atoms with van der Waals surface area (Å²) in [4.78, 5) is 25.6. The number of amides is 3. The first-order chi connectivity index (χ1) is 11.1. The zero-order valence-electron chi connectivity index (χ0n) is 13.6. The Hall–Kier alpha value is -2.02. The van der Waals surface area contributed by atoms with Crippen molar-refractivity contribution < 1.29 is 14.0 Å². The largest absolute Gasteiger partial charge is 0.467 e. The maximum absolute atomic E-state index is 11.6. The Morgan fingerprint density at radius 3 is 2.96 bits per heavy atom. The van der Waals surface area contributed by atoms with Crippen molar-refractivity contribution in [3.63, 3.8) is 0 Å². The fourth-order valence-electron chi connectivity index (χ4n) is 2.70. The van der Waals surface area contributed by atoms with Crippen LogP contribution in [-0.2, 0) is 11.3 Å². The van der Waals surface area contributed by atoms with E-state index in [-0.39, 0.29) is 18.5 Å². The van der Waals surface area contributed by atoms with Crippen molar-refractivity contribution in [1.82, 2.24) is 20.9 Å². The lowest BCUT2D eigenvalue weighted by atomic mass is 10.0. The van der Waals surface area contributed by atoms with E-state index in [0.29, 0.717) is 18.8 Å². The number of furan rings is 1. The maximum atomic E-state index is 11.6. The predicted molar refractivity (Wildman–Crippen MR) is 86.8 cm³/mol. The summed E-state index contributed by atoms with van der Waals surface area (Å²) >= 11 is 0. The molecular weight excluding hydrogens is 296 g/mol. The number of carbonyl (C=O) groups is 2. The van der Waals surface area contributed by atoms with Gasteiger partial charge >= 0.3 is 6.03 Å². The third-order valence-electron chi connectivity index (χ3n) is 3.90. The first-order valence-corrected chi connectivity index (χ1v) is 8.16. The summed E-state index contributed by atoms with van der Waals surface area (Å²) in [5.41, 5.74) is 0. The average Bonchev–Trinajstić information content (AvgIpc) is 3.04. The van der Waals surface area contributed by atoms with Crippen LogP contribution >= 0.6 is 0 Å². The molecule has 1 aromatic heterocycles. The number of carbonyl (C=O) groups excluding carboxylic acids is 2. The molecule has 7 heteroatoms. The molecule has 0 aromatic carbocycles. The number of rotatable bonds is 7. The van der Waals surface area contributed by atoms with Crippen LogP contribution in [0, 0.1) is 5.92 Å². The minimum Gasteiger partial charge on any atom is -0.467 e. The van der Waals surface area contributed by atoms with Gasteiger partial charge in [-0.1, -0.05) is 6.92 Å². The van der Waals surface area contributed by atoms with E-state index in [1.807, 2.05) is 0 Å². The van der Waals surface area contributed by atoms with Gasteiger partial charge in [0.2, 0.25) is 5.91 Å². The van der Waals surface area contributed by atoms with Gasteiger partial charge in [-0.2, -0.15) is 0 Å². The molecule has 23 heavy (non-hydrogen) atoms. The van der Waals surface area contributed by atoms with Gasteiger partial charge in [-0.05, 0) is 37.4 Å². The van der Waals surface area contributed by atoms with Crippen LogP contribution in [0.1, 0.15) is 25.5 Å². The van der Waals surface area contributed by atoms with E-state index in [0.717, 1.165) is 25.6 Å². The molecule has 1 fully saturated rings. The molecule has 1 atom stereocenters. The van der Waals surface area contributed by atoms with Gasteiger partial charge in [-0.15, -0.1) is 0 Å². The van der Waals surface area contributed by atoms with Crippen LogP contribution in [-0.4, -0.2) is 49.6 Å². The Balaban J connectivity index is 1.51. The first-order valence-electron chi connectivity index (χ1n) is 8.16. The highest BCUT2D eigenvalue weighted by Gasteiger charge is 2.15. The average molecular weight is 322 g/mol. The van der Waals surface area contributed by atoms with Crippen LogP contribution in [0.5, 0.6) is 0 Å². The van der Waals surface area contributed by atoms with E-state index in [2.05, 4.69) is 27.8 Å². The quantitative estimate of drug-likeness (QED) is 0.697. The molecule has 0 aliphatic carbocycles. The van der Waals surface area contributed by atoms with Gasteiger partial charge in [-0.25, -0.2) is 4.79 Å². The Kier molecular flexibility index (Phi) is 6.93. The highest BCUT2D eigenvalue weighted by Crippen LogP contribution is 2.14. The van der Waals surface area contributed by atoms with E-state index < -0.39 is 0 Å². The molecule has 3 amide bonds. The van der Waals surface area contributed by atoms with Crippen molar-refractivity contribution in [2.24, 2.45) is 5.92 Å². The van der Waals surface area contributed by atoms with Crippen molar-refractivity contribution >= 4 is 11.9 Å². The summed E-state index contributed by atoms with van der Waals surface area (Å²) in [6, 6.07) is 3.22. The number of hydrogen-bond donors (Lipinski definition) is 3. The summed E-state index contributed by atoms with van der Waals surface area (Å²) < 4.78 is 5.11. The number of nitrogens with one attached hydrogen (secondary N) is 3. The molecule has 0 bridgehead atoms. The molecule has 1 aromatic rings. The number of piperidine rings is 1. The Morgan fingerprint density at radius 2 is 2.22 bits per heavy atom. The lowest BCUT2D eigenvalue weighted by Gasteiger charge is -2.30. The molecule has 128 valence electrons. The van der Waals surface area contributed by atoms with Crippen LogP contribution in [0.2, 0.25) is 0 Å². The second kappa shape index (κ2) is 9.19. The van der Waals surface area contributed by atoms with E-state index in [9.17, 15) is 9.59 Å². The molecule has 1 aliphatic heterocycles. The molecule has 1 unspecified atom stereocenters. The van der Waals surface area contributed by atoms with Crippen molar-refractivity contribution in [1.29, 1.82) is 0 Å². The SMILES string of the molecule is CC1CCCN(CCNC(=O)NCC(=O)NCc2ccco2)C1. The van der Waals surface area contributed by atoms with Crippen LogP contribution in [0.4, 0.5) is 4.79 Å². The van der Waals surface area contributed by atoms with E-state index in [1.54, 1.807) is 18.4 Å². The number of nitrogens with zero attached hydrogens (tertiary/aromatic N) is 1. The third kappa shape index (κ3) is 6.73. The number of likely N-dealkylation sites (tertiary alicyclic amines) is 1. The third-order valence-corrected chi connectivity index (χ3v) is 3.90. The van der Waals surface area contributed by atoms with Crippen molar-refractivity contribution in [3.8, 4) is 0 Å². The van der Waals surface area contributed by atoms with Gasteiger partial charge < -0.3 is 25.3 Å². The minimum absolute atomic E-state index is 0.0483. The smallest absolute Gasteiger partial charge is 0.315 e. The monoisotopic (exact) mass is 322 g/mol. The van der Waals surface area contributed by atoms with Gasteiger partial charge in [-0.3, -0.25) is 4.79 Å². The summed E-state index contributed by atoms with van der Waals surface area (Å²) in [6.07, 6.45) is 4.07. The standard InChI is InChI=1S/C16H26N4O3/c1-13-4-2-7-20(12-13)8-6-17-16(22)19-11-15(21)18-10-14-5-3-9-23-14/h3,5,9,13H,2,4,6-8,10-12H2,1H3,(H,18,21)(H2,17,19,22). The summed E-state index contributed by atoms with van der Waals surface area (Å²) in [7, 11) is 0. The number of hydrogen-bond acceptors (Lipinski definition) is 4. The molecule has 1 saturated heterocycles. The van der Waals surface area contributed by atoms with Gasteiger partial charge in [0, 0.05) is 19.6 Å². The molecule has 2 heterocycles. The van der Waals surface area contributed by atoms with Gasteiger partial charge in [0.1, 0.15) is 5.76 Å². The highest BCUT2D eigenvalue weighted by molar-refractivity contribution is 5.83. The summed E-state index contributed by atoms with van der Waals surface area (Å²) in [6.45, 7) is 6.17. The van der Waals surface area contributed by atoms with Crippen molar-refractivity contribution in [3.05, 3.63) is 24.2 Å². The van der Waals surface area contributed by atoms with Crippen LogP contribution < -0.4 is 16.0 Å². The Morgan fingerprint density at radius 1 is 1.35 bits per heavy atom. The van der Waals surface area contributed by atoms with Gasteiger partial charge in [0.05, 0.1) is 19.4 Å². The first kappa shape index (κ1) is 17.3. The van der Waals surface area contributed by atoms with Crippen LogP contribution in [0.25, 0.3) is 0 Å². The van der Waals surface area contributed by atoms with E-state index in [1.165, 1.54) is 12.8 Å². The molecular formula is C16H26N4O3. The minimum atomic E-state index is -0.316. The highest BCUT2D eigenvalue weighted by atomic mass is 16.3. The normalized spacial score (nSPS) is 18.4. The molecule has 0 spiro atoms. The number of urea groups is 1. The van der Waals surface area contributed by atoms with Crippen molar-refractivity contribution in [2.45, 2.75) is 26.3 Å². The van der Waals surface area contributed by atoms with E-state index in [4.69, 9.17) is 4.42 Å². The van der Waals surface area contributed by atoms with Gasteiger partial charge in [0.25, 0.3) is 0 Å². The van der Waals surface area contributed by atoms with Gasteiger partial charge in [0.15, 0.2) is 0 Å². The predicted octanol–water partition coefficient (Wildman–Crippen LogP) is 0.927. The zero-order chi connectivity index (χ0) is 16.5. The molecule has 2 rings (SSSR count). The topological polar surface area (TPSA) is 86.6 Å². The molecule has 1 aliphatic rings. The second-order valence-corrected chi connectivity index (χ2v) is 6.01. The lowest BCUT2D eigenvalue weighted by Crippen LogP contribution is -2.45. The van der Waals surface area contributed by atoms with Crippen molar-refractivity contribution in [2.75, 3.05) is 32.7 Å². The maximum Gasteiger partial charge on any atom is 0.315 e. The lowest BCUT2D eigenvalue weighted by molar-refractivity contribution is -0.120. The molecule has 7 nitrogen and oxygen atoms in total. The molecule has 0 saturated carbocycles. The fraction of sp³-hybridized carbons (Fsp3) is 0.625. The summed E-state index contributed by atoms with van der Waals surface area (Å²) in [5.74, 6) is 1.16. The Bertz CT molecular complexity index is 490. The zero-order valence-corrected chi connectivity index (χ0v) is 13.6. The Labute approximate surface area is 136 Å². The fourth-order valence-corrected chi connectivity index (χ4v) is 2.70. The molecule has 3 N–H and O–H groups in total. The summed E-state index contributed by atoms with van der Waals surface area (Å²) in [5, 5.41) is 8.00. The van der Waals surface area contributed by atoms with Crippen LogP contribution in [0.3, 0.4) is 0 Å². The second-order valence-electron chi connectivity index (χ2n) is 6.01.